The van der Waals surface area contributed by atoms with Crippen molar-refractivity contribution in [3.05, 3.63) is 83.4 Å². The third kappa shape index (κ3) is 6.71. The van der Waals surface area contributed by atoms with Gasteiger partial charge in [0.2, 0.25) is 0 Å². The minimum Gasteiger partial charge on any atom is -0.381 e. The summed E-state index contributed by atoms with van der Waals surface area (Å²) in [5, 5.41) is 18.9. The molecular weight excluding hydrogens is 511 g/mol. The van der Waals surface area contributed by atoms with E-state index in [0.717, 1.165) is 62.6 Å². The number of piperazine rings is 1. The van der Waals surface area contributed by atoms with E-state index in [2.05, 4.69) is 20.3 Å². The Labute approximate surface area is 215 Å². The normalized spacial score (nSPS) is 16.3. The second kappa shape index (κ2) is 11.5. The molecule has 1 saturated heterocycles. The molecule has 1 aliphatic heterocycles. The molecule has 38 heavy (non-hydrogen) atoms. The van der Waals surface area contributed by atoms with Crippen LogP contribution in [0.1, 0.15) is 21.5 Å². The minimum atomic E-state index is -4.57. The van der Waals surface area contributed by atoms with Crippen molar-refractivity contribution < 1.29 is 31.9 Å². The second-order valence-corrected chi connectivity index (χ2v) is 9.14. The zero-order valence-electron chi connectivity index (χ0n) is 20.3. The Morgan fingerprint density at radius 2 is 1.79 bits per heavy atom. The van der Waals surface area contributed by atoms with Gasteiger partial charge in [-0.3, -0.25) is 9.69 Å². The summed E-state index contributed by atoms with van der Waals surface area (Å²) >= 11 is 0. The smallest absolute Gasteiger partial charge is 0.381 e. The molecule has 1 amide bonds. The van der Waals surface area contributed by atoms with E-state index in [-0.39, 0.29) is 24.2 Å². The topological polar surface area (TPSA) is 86.5 Å². The van der Waals surface area contributed by atoms with Gasteiger partial charge < -0.3 is 15.3 Å². The van der Waals surface area contributed by atoms with Gasteiger partial charge in [0.25, 0.3) is 5.91 Å². The van der Waals surface area contributed by atoms with Crippen molar-refractivity contribution in [2.24, 2.45) is 0 Å². The highest BCUT2D eigenvalue weighted by Crippen LogP contribution is 2.31. The molecule has 0 aliphatic carbocycles. The van der Waals surface area contributed by atoms with Crippen LogP contribution in [-0.2, 0) is 18.3 Å². The lowest BCUT2D eigenvalue weighted by Gasteiger charge is -2.36. The van der Waals surface area contributed by atoms with Gasteiger partial charge in [-0.1, -0.05) is 6.07 Å². The maximum Gasteiger partial charge on any atom is 0.416 e. The molecule has 2 N–H and O–H groups in total. The monoisotopic (exact) mass is 538 g/mol. The van der Waals surface area contributed by atoms with Crippen molar-refractivity contribution in [1.82, 2.24) is 29.9 Å². The number of aliphatic hydroxyl groups is 1. The zero-order chi connectivity index (χ0) is 27.3. The molecule has 13 heteroatoms. The average Bonchev–Trinajstić information content (AvgIpc) is 3.39. The van der Waals surface area contributed by atoms with Crippen LogP contribution in [0.4, 0.5) is 22.0 Å². The van der Waals surface area contributed by atoms with E-state index in [1.165, 1.54) is 22.2 Å². The first-order chi connectivity index (χ1) is 18.0. The van der Waals surface area contributed by atoms with Crippen LogP contribution in [0.2, 0.25) is 0 Å². The van der Waals surface area contributed by atoms with Gasteiger partial charge in [-0.25, -0.2) is 18.4 Å². The van der Waals surface area contributed by atoms with Crippen molar-refractivity contribution >= 4 is 5.91 Å². The fraction of sp³-hybridized carbons (Fsp3) is 0.400. The molecule has 1 fully saturated rings. The predicted molar refractivity (Wildman–Crippen MR) is 127 cm³/mol. The van der Waals surface area contributed by atoms with E-state index in [1.54, 1.807) is 0 Å². The van der Waals surface area contributed by atoms with Crippen molar-refractivity contribution in [3.63, 3.8) is 0 Å². The minimum absolute atomic E-state index is 0.0269. The summed E-state index contributed by atoms with van der Waals surface area (Å²) in [6.07, 6.45) is -2.05. The second-order valence-electron chi connectivity index (χ2n) is 9.14. The number of halogens is 5. The molecule has 4 rings (SSSR count). The highest BCUT2D eigenvalue weighted by molar-refractivity contribution is 5.94. The van der Waals surface area contributed by atoms with Gasteiger partial charge in [0, 0.05) is 56.5 Å². The van der Waals surface area contributed by atoms with E-state index in [9.17, 15) is 31.9 Å². The number of carbonyl (C=O) groups excluding carboxylic acids is 1. The molecule has 1 unspecified atom stereocenters. The quantitative estimate of drug-likeness (QED) is 0.408. The number of carbonyl (C=O) groups is 1. The largest absolute Gasteiger partial charge is 0.416 e. The molecule has 204 valence electrons. The Kier molecular flexibility index (Phi) is 8.38. The number of benzene rings is 2. The Morgan fingerprint density at radius 1 is 1.08 bits per heavy atom. The number of aromatic nitrogens is 3. The van der Waals surface area contributed by atoms with Crippen LogP contribution in [0.25, 0.3) is 0 Å². The average molecular weight is 539 g/mol. The number of amides is 1. The molecule has 1 aliphatic rings. The predicted octanol–water partition coefficient (Wildman–Crippen LogP) is 2.51. The lowest BCUT2D eigenvalue weighted by molar-refractivity contribution is -0.137. The third-order valence-electron chi connectivity index (χ3n) is 6.42. The molecule has 0 radical (unpaired) electrons. The number of rotatable bonds is 9. The Morgan fingerprint density at radius 3 is 2.39 bits per heavy atom. The molecule has 2 heterocycles. The Bertz CT molecular complexity index is 1220. The summed E-state index contributed by atoms with van der Waals surface area (Å²) in [6, 6.07) is 6.47. The summed E-state index contributed by atoms with van der Waals surface area (Å²) < 4.78 is 69.0. The fourth-order valence-corrected chi connectivity index (χ4v) is 4.42. The fourth-order valence-electron chi connectivity index (χ4n) is 4.42. The van der Waals surface area contributed by atoms with E-state index in [0.29, 0.717) is 12.6 Å². The summed E-state index contributed by atoms with van der Waals surface area (Å²) in [4.78, 5) is 20.7. The molecule has 1 atom stereocenters. The highest BCUT2D eigenvalue weighted by Gasteiger charge is 2.38. The van der Waals surface area contributed by atoms with Gasteiger partial charge in [-0.2, -0.15) is 18.3 Å². The molecular formula is C25H27F5N6O2. The summed E-state index contributed by atoms with van der Waals surface area (Å²) in [7, 11) is 0. The summed E-state index contributed by atoms with van der Waals surface area (Å²) in [6.45, 7) is 2.70. The Hall–Kier alpha value is -3.42. The lowest BCUT2D eigenvalue weighted by atomic mass is 9.91. The molecule has 1 aromatic heterocycles. The van der Waals surface area contributed by atoms with Gasteiger partial charge in [-0.05, 0) is 30.3 Å². The van der Waals surface area contributed by atoms with Gasteiger partial charge in [0.15, 0.2) is 0 Å². The number of nitrogens with one attached hydrogen (secondary N) is 1. The summed E-state index contributed by atoms with van der Waals surface area (Å²) in [5.41, 5.74) is -3.27. The molecule has 3 aromatic rings. The van der Waals surface area contributed by atoms with Crippen molar-refractivity contribution in [2.45, 2.75) is 18.3 Å². The van der Waals surface area contributed by atoms with Gasteiger partial charge in [0.05, 0.1) is 18.7 Å². The van der Waals surface area contributed by atoms with Crippen molar-refractivity contribution in [1.29, 1.82) is 0 Å². The maximum absolute atomic E-state index is 14.9. The van der Waals surface area contributed by atoms with Crippen LogP contribution < -0.4 is 5.32 Å². The third-order valence-corrected chi connectivity index (χ3v) is 6.42. The molecule has 0 spiro atoms. The van der Waals surface area contributed by atoms with E-state index < -0.39 is 41.4 Å². The summed E-state index contributed by atoms with van der Waals surface area (Å²) in [5.74, 6) is -2.50. The zero-order valence-corrected chi connectivity index (χ0v) is 20.3. The lowest BCUT2D eigenvalue weighted by Crippen LogP contribution is -2.51. The Balaban J connectivity index is 1.67. The van der Waals surface area contributed by atoms with Crippen LogP contribution in [0.15, 0.2) is 55.1 Å². The van der Waals surface area contributed by atoms with Gasteiger partial charge in [-0.15, -0.1) is 0 Å². The van der Waals surface area contributed by atoms with Crippen molar-refractivity contribution in [2.75, 3.05) is 45.8 Å². The van der Waals surface area contributed by atoms with E-state index in [4.69, 9.17) is 0 Å². The van der Waals surface area contributed by atoms with Crippen LogP contribution in [0.5, 0.6) is 0 Å². The van der Waals surface area contributed by atoms with Crippen LogP contribution in [-0.4, -0.2) is 81.4 Å². The first-order valence-electron chi connectivity index (χ1n) is 12.0. The maximum atomic E-state index is 14.9. The van der Waals surface area contributed by atoms with Crippen LogP contribution in [0.3, 0.4) is 0 Å². The standard InChI is InChI=1S/C25H27F5N6O2/c26-20-5-6-21(22(27)13-20)24(38,15-36-17-32-16-33-36)14-35(12-11-34-9-7-31-8-10-34)23(37)18-1-3-19(4-2-18)25(28,29)30/h1-6,13,16-17,31,38H,7-12,14-15H2. The van der Waals surface area contributed by atoms with Crippen LogP contribution >= 0.6 is 0 Å². The molecule has 0 saturated carbocycles. The number of hydrogen-bond acceptors (Lipinski definition) is 6. The van der Waals surface area contributed by atoms with Crippen LogP contribution in [0, 0.1) is 11.6 Å². The van der Waals surface area contributed by atoms with Gasteiger partial charge in [0.1, 0.15) is 29.9 Å². The first kappa shape index (κ1) is 27.6. The van der Waals surface area contributed by atoms with Crippen molar-refractivity contribution in [3.8, 4) is 0 Å². The SMILES string of the molecule is O=C(c1ccc(C(F)(F)F)cc1)N(CCN1CCNCC1)CC(O)(Cn1cncn1)c1ccc(F)cc1F. The number of hydrogen-bond donors (Lipinski definition) is 2. The molecule has 0 bridgehead atoms. The van der Waals surface area contributed by atoms with E-state index in [1.807, 2.05) is 0 Å². The molecule has 8 nitrogen and oxygen atoms in total. The first-order valence-corrected chi connectivity index (χ1v) is 12.0. The van der Waals surface area contributed by atoms with Gasteiger partial charge >= 0.3 is 6.18 Å². The number of nitrogens with zero attached hydrogens (tertiary/aromatic N) is 5. The number of alkyl halides is 3. The van der Waals surface area contributed by atoms with E-state index >= 15 is 0 Å². The molecule has 2 aromatic carbocycles. The highest BCUT2D eigenvalue weighted by atomic mass is 19.4.